The Hall–Kier alpha value is -0.740. The van der Waals surface area contributed by atoms with Crippen molar-refractivity contribution < 1.29 is 22.3 Å². The van der Waals surface area contributed by atoms with E-state index in [4.69, 9.17) is 0 Å². The first kappa shape index (κ1) is 9.26. The molecule has 0 atom stereocenters. The van der Waals surface area contributed by atoms with Gasteiger partial charge in [0.2, 0.25) is 0 Å². The summed E-state index contributed by atoms with van der Waals surface area (Å²) in [4.78, 5) is 0. The molecule has 5 heteroatoms. The standard InChI is InChI=1S/C5H6F4O/c1-3(4(6)10-2)5(7,8)9/h1-2H3. The van der Waals surface area contributed by atoms with Crippen molar-refractivity contribution in [2.24, 2.45) is 0 Å². The highest BCUT2D eigenvalue weighted by molar-refractivity contribution is 5.05. The summed E-state index contributed by atoms with van der Waals surface area (Å²) >= 11 is 0. The lowest BCUT2D eigenvalue weighted by Crippen LogP contribution is -2.10. The number of hydrogen-bond donors (Lipinski definition) is 0. The molecule has 0 unspecified atom stereocenters. The zero-order valence-corrected chi connectivity index (χ0v) is 5.42. The molecule has 0 aromatic heterocycles. The lowest BCUT2D eigenvalue weighted by molar-refractivity contribution is -0.0969. The van der Waals surface area contributed by atoms with Gasteiger partial charge in [-0.15, -0.1) is 0 Å². The van der Waals surface area contributed by atoms with Gasteiger partial charge < -0.3 is 4.74 Å². The molecule has 0 saturated heterocycles. The molecule has 0 bridgehead atoms. The van der Waals surface area contributed by atoms with E-state index >= 15 is 0 Å². The number of hydrogen-bond acceptors (Lipinski definition) is 1. The van der Waals surface area contributed by atoms with Crippen LogP contribution in [0.4, 0.5) is 17.6 Å². The van der Waals surface area contributed by atoms with Gasteiger partial charge in [0.15, 0.2) is 0 Å². The van der Waals surface area contributed by atoms with Crippen molar-refractivity contribution in [1.82, 2.24) is 0 Å². The minimum Gasteiger partial charge on any atom is -0.474 e. The number of ether oxygens (including phenoxy) is 1. The fraction of sp³-hybridized carbons (Fsp3) is 0.600. The summed E-state index contributed by atoms with van der Waals surface area (Å²) in [5.74, 6) is 0. The largest absolute Gasteiger partial charge is 0.474 e. The molecule has 0 aliphatic rings. The van der Waals surface area contributed by atoms with Crippen molar-refractivity contribution in [3.63, 3.8) is 0 Å². The lowest BCUT2D eigenvalue weighted by atomic mass is 10.3. The number of methoxy groups -OCH3 is 1. The van der Waals surface area contributed by atoms with Crippen molar-refractivity contribution in [3.8, 4) is 0 Å². The van der Waals surface area contributed by atoms with E-state index in [0.29, 0.717) is 6.92 Å². The first-order valence-electron chi connectivity index (χ1n) is 2.37. The highest BCUT2D eigenvalue weighted by Gasteiger charge is 2.34. The predicted octanol–water partition coefficient (Wildman–Crippen LogP) is 2.40. The van der Waals surface area contributed by atoms with Gasteiger partial charge in [-0.3, -0.25) is 0 Å². The average Bonchev–Trinajstić information content (AvgIpc) is 1.83. The quantitative estimate of drug-likeness (QED) is 0.420. The maximum atomic E-state index is 12.0. The molecule has 0 radical (unpaired) electrons. The van der Waals surface area contributed by atoms with Crippen molar-refractivity contribution in [2.75, 3.05) is 7.11 Å². The zero-order valence-electron chi connectivity index (χ0n) is 5.42. The number of allylic oxidation sites excluding steroid dienone is 1. The maximum absolute atomic E-state index is 12.0. The Morgan fingerprint density at radius 1 is 1.30 bits per heavy atom. The molecule has 0 amide bonds. The van der Waals surface area contributed by atoms with Crippen LogP contribution in [0.5, 0.6) is 0 Å². The third-order valence-corrected chi connectivity index (χ3v) is 0.899. The van der Waals surface area contributed by atoms with Gasteiger partial charge in [0.05, 0.1) is 7.11 Å². The van der Waals surface area contributed by atoms with Crippen LogP contribution in [0, 0.1) is 0 Å². The predicted molar refractivity (Wildman–Crippen MR) is 26.9 cm³/mol. The molecule has 10 heavy (non-hydrogen) atoms. The Bertz CT molecular complexity index is 146. The number of alkyl halides is 3. The van der Waals surface area contributed by atoms with Crippen LogP contribution >= 0.6 is 0 Å². The van der Waals surface area contributed by atoms with Gasteiger partial charge in [-0.1, -0.05) is 0 Å². The minimum absolute atomic E-state index is 0.610. The van der Waals surface area contributed by atoms with Crippen LogP contribution in [-0.4, -0.2) is 13.3 Å². The Labute approximate surface area is 55.3 Å². The van der Waals surface area contributed by atoms with Crippen LogP contribution in [0.15, 0.2) is 11.6 Å². The van der Waals surface area contributed by atoms with Gasteiger partial charge in [-0.05, 0) is 6.92 Å². The van der Waals surface area contributed by atoms with E-state index in [9.17, 15) is 17.6 Å². The van der Waals surface area contributed by atoms with Crippen molar-refractivity contribution >= 4 is 0 Å². The molecule has 1 nitrogen and oxygen atoms in total. The van der Waals surface area contributed by atoms with E-state index in [0.717, 1.165) is 7.11 Å². The van der Waals surface area contributed by atoms with Gasteiger partial charge in [0, 0.05) is 0 Å². The van der Waals surface area contributed by atoms with Gasteiger partial charge in [-0.25, -0.2) is 0 Å². The molecular weight excluding hydrogens is 152 g/mol. The summed E-state index contributed by atoms with van der Waals surface area (Å²) in [6.07, 6.45) is -4.64. The first-order chi connectivity index (χ1) is 4.39. The topological polar surface area (TPSA) is 9.23 Å². The SMILES string of the molecule is COC(F)=C(C)C(F)(F)F. The molecule has 0 aromatic rings. The smallest absolute Gasteiger partial charge is 0.418 e. The summed E-state index contributed by atoms with van der Waals surface area (Å²) in [5.41, 5.74) is -1.35. The van der Waals surface area contributed by atoms with E-state index in [1.807, 2.05) is 0 Å². The molecule has 0 heterocycles. The minimum atomic E-state index is -4.64. The van der Waals surface area contributed by atoms with Crippen molar-refractivity contribution in [2.45, 2.75) is 13.1 Å². The van der Waals surface area contributed by atoms with E-state index < -0.39 is 17.8 Å². The van der Waals surface area contributed by atoms with Crippen LogP contribution in [0.25, 0.3) is 0 Å². The zero-order chi connectivity index (χ0) is 8.36. The molecule has 60 valence electrons. The van der Waals surface area contributed by atoms with Crippen LogP contribution in [0.2, 0.25) is 0 Å². The van der Waals surface area contributed by atoms with Gasteiger partial charge in [0.1, 0.15) is 5.57 Å². The summed E-state index contributed by atoms with van der Waals surface area (Å²) in [7, 11) is 0.838. The number of rotatable bonds is 1. The Balaban J connectivity index is 4.47. The molecule has 0 N–H and O–H groups in total. The Kier molecular flexibility index (Phi) is 2.68. The normalized spacial score (nSPS) is 14.6. The molecule has 0 aliphatic heterocycles. The second-order valence-corrected chi connectivity index (χ2v) is 1.60. The summed E-state index contributed by atoms with van der Waals surface area (Å²) in [5, 5.41) is 0. The van der Waals surface area contributed by atoms with E-state index in [1.165, 1.54) is 0 Å². The molecular formula is C5H6F4O. The second-order valence-electron chi connectivity index (χ2n) is 1.60. The fourth-order valence-electron chi connectivity index (χ4n) is 0.265. The summed E-state index contributed by atoms with van der Waals surface area (Å²) in [6, 6.07) is -1.59. The van der Waals surface area contributed by atoms with Gasteiger partial charge >= 0.3 is 6.18 Å². The fourth-order valence-corrected chi connectivity index (χ4v) is 0.265. The third kappa shape index (κ3) is 2.24. The monoisotopic (exact) mass is 158 g/mol. The lowest BCUT2D eigenvalue weighted by Gasteiger charge is -2.06. The van der Waals surface area contributed by atoms with E-state index in [-0.39, 0.29) is 0 Å². The van der Waals surface area contributed by atoms with Crippen LogP contribution in [0.1, 0.15) is 6.92 Å². The molecule has 0 rings (SSSR count). The molecule has 0 saturated carbocycles. The molecule has 0 aliphatic carbocycles. The second kappa shape index (κ2) is 2.90. The maximum Gasteiger partial charge on any atom is 0.418 e. The molecule has 0 aromatic carbocycles. The van der Waals surface area contributed by atoms with Gasteiger partial charge in [-0.2, -0.15) is 17.6 Å². The van der Waals surface area contributed by atoms with Gasteiger partial charge in [0.25, 0.3) is 6.01 Å². The Morgan fingerprint density at radius 3 is 1.80 bits per heavy atom. The highest BCUT2D eigenvalue weighted by atomic mass is 19.4. The Morgan fingerprint density at radius 2 is 1.70 bits per heavy atom. The summed E-state index contributed by atoms with van der Waals surface area (Å²) < 4.78 is 50.2. The van der Waals surface area contributed by atoms with E-state index in [2.05, 4.69) is 4.74 Å². The average molecular weight is 158 g/mol. The third-order valence-electron chi connectivity index (χ3n) is 0.899. The molecule has 0 spiro atoms. The first-order valence-corrected chi connectivity index (χ1v) is 2.37. The highest BCUT2D eigenvalue weighted by Crippen LogP contribution is 2.27. The molecule has 0 fully saturated rings. The van der Waals surface area contributed by atoms with Crippen molar-refractivity contribution in [1.29, 1.82) is 0 Å². The van der Waals surface area contributed by atoms with Crippen LogP contribution < -0.4 is 0 Å². The van der Waals surface area contributed by atoms with Crippen LogP contribution in [-0.2, 0) is 4.74 Å². The number of halogens is 4. The van der Waals surface area contributed by atoms with E-state index in [1.54, 1.807) is 0 Å². The summed E-state index contributed by atoms with van der Waals surface area (Å²) in [6.45, 7) is 0.610. The van der Waals surface area contributed by atoms with Crippen LogP contribution in [0.3, 0.4) is 0 Å². The van der Waals surface area contributed by atoms with Crippen molar-refractivity contribution in [3.05, 3.63) is 11.6 Å².